The molecule has 2 N–H and O–H groups in total. The minimum Gasteiger partial charge on any atom is -0.349 e. The van der Waals surface area contributed by atoms with Gasteiger partial charge in [-0.15, -0.1) is 0 Å². The van der Waals surface area contributed by atoms with Gasteiger partial charge in [0.1, 0.15) is 0 Å². The lowest BCUT2D eigenvalue weighted by Crippen LogP contribution is -2.43. The van der Waals surface area contributed by atoms with Gasteiger partial charge >= 0.3 is 0 Å². The number of H-pyrrole nitrogens is 1. The van der Waals surface area contributed by atoms with E-state index in [1.165, 1.54) is 4.31 Å². The van der Waals surface area contributed by atoms with E-state index in [9.17, 15) is 13.2 Å². The monoisotopic (exact) mass is 412 g/mol. The average molecular weight is 413 g/mol. The van der Waals surface area contributed by atoms with Gasteiger partial charge in [0.2, 0.25) is 15.9 Å². The highest BCUT2D eigenvalue weighted by Gasteiger charge is 2.32. The van der Waals surface area contributed by atoms with Gasteiger partial charge in [-0.05, 0) is 43.5 Å². The maximum absolute atomic E-state index is 13.0. The first-order chi connectivity index (χ1) is 13.9. The van der Waals surface area contributed by atoms with Gasteiger partial charge in [-0.25, -0.2) is 8.42 Å². The second-order valence-electron chi connectivity index (χ2n) is 7.44. The SMILES string of the molecule is C[C@@H](NC(=O)C1CCN(S(=O)(=O)c2ccc3[nH]ncc3c2)CC1)c1ccccc1. The van der Waals surface area contributed by atoms with Crippen LogP contribution in [0.3, 0.4) is 0 Å². The molecule has 8 heteroatoms. The van der Waals surface area contributed by atoms with E-state index in [0.717, 1.165) is 16.5 Å². The van der Waals surface area contributed by atoms with Crippen molar-refractivity contribution in [3.8, 4) is 0 Å². The van der Waals surface area contributed by atoms with Crippen molar-refractivity contribution in [1.29, 1.82) is 0 Å². The van der Waals surface area contributed by atoms with Gasteiger partial charge in [0.15, 0.2) is 0 Å². The molecule has 1 aromatic heterocycles. The van der Waals surface area contributed by atoms with Crippen molar-refractivity contribution >= 4 is 26.8 Å². The quantitative estimate of drug-likeness (QED) is 0.674. The van der Waals surface area contributed by atoms with Gasteiger partial charge in [0.05, 0.1) is 22.7 Å². The molecule has 7 nitrogen and oxygen atoms in total. The lowest BCUT2D eigenvalue weighted by molar-refractivity contribution is -0.126. The number of rotatable bonds is 5. The number of hydrogen-bond acceptors (Lipinski definition) is 4. The Kier molecular flexibility index (Phi) is 5.38. The third kappa shape index (κ3) is 4.04. The van der Waals surface area contributed by atoms with Crippen LogP contribution >= 0.6 is 0 Å². The molecule has 1 atom stereocenters. The van der Waals surface area contributed by atoms with Gasteiger partial charge in [-0.2, -0.15) is 9.40 Å². The molecule has 1 aliphatic rings. The van der Waals surface area contributed by atoms with E-state index in [1.807, 2.05) is 37.3 Å². The molecule has 2 heterocycles. The number of carbonyl (C=O) groups excluding carboxylic acids is 1. The zero-order valence-corrected chi connectivity index (χ0v) is 17.0. The minimum atomic E-state index is -3.59. The fourth-order valence-electron chi connectivity index (χ4n) is 3.74. The zero-order valence-electron chi connectivity index (χ0n) is 16.2. The van der Waals surface area contributed by atoms with E-state index in [0.29, 0.717) is 25.9 Å². The number of nitrogens with zero attached hydrogens (tertiary/aromatic N) is 2. The summed E-state index contributed by atoms with van der Waals surface area (Å²) in [5, 5.41) is 10.6. The third-order valence-corrected chi connectivity index (χ3v) is 7.43. The molecular formula is C21H24N4O3S. The summed E-state index contributed by atoms with van der Waals surface area (Å²) in [6.07, 6.45) is 2.64. The van der Waals surface area contributed by atoms with Crippen LogP contribution in [0.5, 0.6) is 0 Å². The van der Waals surface area contributed by atoms with Crippen molar-refractivity contribution in [2.24, 2.45) is 5.92 Å². The molecule has 0 saturated carbocycles. The highest BCUT2D eigenvalue weighted by atomic mass is 32.2. The molecule has 1 amide bonds. The van der Waals surface area contributed by atoms with Crippen molar-refractivity contribution < 1.29 is 13.2 Å². The maximum Gasteiger partial charge on any atom is 0.243 e. The Morgan fingerprint density at radius 3 is 2.62 bits per heavy atom. The zero-order chi connectivity index (χ0) is 20.4. The number of fused-ring (bicyclic) bond motifs is 1. The summed E-state index contributed by atoms with van der Waals surface area (Å²) in [6, 6.07) is 14.7. The fourth-order valence-corrected chi connectivity index (χ4v) is 5.25. The molecule has 29 heavy (non-hydrogen) atoms. The van der Waals surface area contributed by atoms with E-state index < -0.39 is 10.0 Å². The summed E-state index contributed by atoms with van der Waals surface area (Å²) in [7, 11) is -3.59. The van der Waals surface area contributed by atoms with Crippen LogP contribution in [0.2, 0.25) is 0 Å². The van der Waals surface area contributed by atoms with Crippen LogP contribution in [0.25, 0.3) is 10.9 Å². The average Bonchev–Trinajstić information content (AvgIpc) is 3.22. The van der Waals surface area contributed by atoms with Crippen molar-refractivity contribution in [3.63, 3.8) is 0 Å². The predicted octanol–water partition coefficient (Wildman–Crippen LogP) is 2.84. The molecule has 0 radical (unpaired) electrons. The van der Waals surface area contributed by atoms with Crippen molar-refractivity contribution in [1.82, 2.24) is 19.8 Å². The second-order valence-corrected chi connectivity index (χ2v) is 9.38. The number of aromatic nitrogens is 2. The number of carbonyl (C=O) groups is 1. The Labute approximate surface area is 170 Å². The molecule has 1 fully saturated rings. The number of piperidine rings is 1. The Hall–Kier alpha value is -2.71. The van der Waals surface area contributed by atoms with Gasteiger partial charge < -0.3 is 5.32 Å². The standard InChI is InChI=1S/C21H24N4O3S/c1-15(16-5-3-2-4-6-16)23-21(26)17-9-11-25(12-10-17)29(27,28)19-7-8-20-18(13-19)14-22-24-20/h2-8,13-15,17H,9-12H2,1H3,(H,22,24)(H,23,26)/t15-/m1/s1. The van der Waals surface area contributed by atoms with Gasteiger partial charge in [-0.3, -0.25) is 9.89 Å². The smallest absolute Gasteiger partial charge is 0.243 e. The van der Waals surface area contributed by atoms with Crippen LogP contribution in [0.15, 0.2) is 59.6 Å². The lowest BCUT2D eigenvalue weighted by atomic mass is 9.96. The van der Waals surface area contributed by atoms with Crippen LogP contribution in [0.1, 0.15) is 31.4 Å². The van der Waals surface area contributed by atoms with E-state index in [-0.39, 0.29) is 22.8 Å². The molecule has 1 saturated heterocycles. The highest BCUT2D eigenvalue weighted by Crippen LogP contribution is 2.26. The van der Waals surface area contributed by atoms with Crippen LogP contribution < -0.4 is 5.32 Å². The molecule has 4 rings (SSSR count). The summed E-state index contributed by atoms with van der Waals surface area (Å²) < 4.78 is 27.4. The molecule has 152 valence electrons. The first-order valence-electron chi connectivity index (χ1n) is 9.74. The first kappa shape index (κ1) is 19.6. The molecule has 0 spiro atoms. The van der Waals surface area contributed by atoms with Gasteiger partial charge in [0.25, 0.3) is 0 Å². The normalized spacial score (nSPS) is 17.3. The molecule has 2 aromatic carbocycles. The minimum absolute atomic E-state index is 0.0155. The summed E-state index contributed by atoms with van der Waals surface area (Å²) >= 11 is 0. The largest absolute Gasteiger partial charge is 0.349 e. The third-order valence-electron chi connectivity index (χ3n) is 5.53. The van der Waals surface area contributed by atoms with Crippen molar-refractivity contribution in [3.05, 3.63) is 60.3 Å². The summed E-state index contributed by atoms with van der Waals surface area (Å²) in [5.74, 6) is -0.192. The number of amides is 1. The first-order valence-corrected chi connectivity index (χ1v) is 11.2. The van der Waals surface area contributed by atoms with E-state index in [2.05, 4.69) is 15.5 Å². The van der Waals surface area contributed by atoms with Crippen LogP contribution in [-0.4, -0.2) is 41.9 Å². The van der Waals surface area contributed by atoms with Crippen molar-refractivity contribution in [2.75, 3.05) is 13.1 Å². The summed E-state index contributed by atoms with van der Waals surface area (Å²) in [6.45, 7) is 2.63. The number of benzene rings is 2. The van der Waals surface area contributed by atoms with E-state index in [4.69, 9.17) is 0 Å². The second kappa shape index (κ2) is 7.96. The summed E-state index contributed by atoms with van der Waals surface area (Å²) in [4.78, 5) is 12.9. The Bertz CT molecular complexity index is 1100. The number of sulfonamides is 1. The number of hydrogen-bond donors (Lipinski definition) is 2. The molecule has 0 unspecified atom stereocenters. The molecule has 0 bridgehead atoms. The molecule has 3 aromatic rings. The van der Waals surface area contributed by atoms with Crippen LogP contribution in [0.4, 0.5) is 0 Å². The fraction of sp³-hybridized carbons (Fsp3) is 0.333. The van der Waals surface area contributed by atoms with Crippen molar-refractivity contribution in [2.45, 2.75) is 30.7 Å². The summed E-state index contributed by atoms with van der Waals surface area (Å²) in [5.41, 5.74) is 1.85. The highest BCUT2D eigenvalue weighted by molar-refractivity contribution is 7.89. The molecule has 0 aliphatic carbocycles. The Morgan fingerprint density at radius 2 is 1.90 bits per heavy atom. The maximum atomic E-state index is 13.0. The van der Waals surface area contributed by atoms with Gasteiger partial charge in [0, 0.05) is 24.4 Å². The Morgan fingerprint density at radius 1 is 1.17 bits per heavy atom. The molecular weight excluding hydrogens is 388 g/mol. The number of nitrogens with one attached hydrogen (secondary N) is 2. The Balaban J connectivity index is 1.38. The van der Waals surface area contributed by atoms with Crippen LogP contribution in [0, 0.1) is 5.92 Å². The topological polar surface area (TPSA) is 95.2 Å². The number of aromatic amines is 1. The lowest BCUT2D eigenvalue weighted by Gasteiger charge is -2.31. The molecule has 1 aliphatic heterocycles. The van der Waals surface area contributed by atoms with Gasteiger partial charge in [-0.1, -0.05) is 30.3 Å². The predicted molar refractivity (Wildman–Crippen MR) is 111 cm³/mol. The van der Waals surface area contributed by atoms with E-state index in [1.54, 1.807) is 24.4 Å². The van der Waals surface area contributed by atoms with Crippen LogP contribution in [-0.2, 0) is 14.8 Å². The van der Waals surface area contributed by atoms with E-state index >= 15 is 0 Å².